The maximum Gasteiger partial charge on any atom is 0.271 e. The SMILES string of the molecule is NC(=O)c1n[nH]nc1-c1ccccc1OCCCCN1CCCCC1. The van der Waals surface area contributed by atoms with Crippen LogP contribution in [-0.4, -0.2) is 52.5 Å². The Morgan fingerprint density at radius 2 is 1.96 bits per heavy atom. The highest BCUT2D eigenvalue weighted by molar-refractivity contribution is 5.97. The molecule has 1 amide bonds. The van der Waals surface area contributed by atoms with Crippen molar-refractivity contribution in [3.8, 4) is 17.0 Å². The summed E-state index contributed by atoms with van der Waals surface area (Å²) in [6.07, 6.45) is 6.13. The summed E-state index contributed by atoms with van der Waals surface area (Å²) in [5.41, 5.74) is 6.63. The molecule has 0 spiro atoms. The largest absolute Gasteiger partial charge is 0.493 e. The molecule has 0 aliphatic carbocycles. The van der Waals surface area contributed by atoms with E-state index in [1.807, 2.05) is 24.3 Å². The number of carbonyl (C=O) groups excluding carboxylic acids is 1. The minimum Gasteiger partial charge on any atom is -0.493 e. The van der Waals surface area contributed by atoms with E-state index in [2.05, 4.69) is 20.3 Å². The fraction of sp³-hybridized carbons (Fsp3) is 0.500. The lowest BCUT2D eigenvalue weighted by molar-refractivity contribution is 0.0996. The van der Waals surface area contributed by atoms with Gasteiger partial charge < -0.3 is 15.4 Å². The molecule has 0 atom stereocenters. The number of amides is 1. The van der Waals surface area contributed by atoms with Gasteiger partial charge in [0.2, 0.25) is 0 Å². The predicted molar refractivity (Wildman–Crippen MR) is 95.4 cm³/mol. The smallest absolute Gasteiger partial charge is 0.271 e. The number of rotatable bonds is 8. The first-order valence-corrected chi connectivity index (χ1v) is 8.91. The van der Waals surface area contributed by atoms with Crippen molar-refractivity contribution in [3.05, 3.63) is 30.0 Å². The zero-order valence-corrected chi connectivity index (χ0v) is 14.4. The second-order valence-electron chi connectivity index (χ2n) is 6.34. The summed E-state index contributed by atoms with van der Waals surface area (Å²) in [5, 5.41) is 10.3. The number of benzene rings is 1. The van der Waals surface area contributed by atoms with Crippen molar-refractivity contribution in [2.24, 2.45) is 5.73 Å². The van der Waals surface area contributed by atoms with E-state index in [1.165, 1.54) is 32.4 Å². The van der Waals surface area contributed by atoms with Gasteiger partial charge in [0.05, 0.1) is 6.61 Å². The minimum absolute atomic E-state index is 0.126. The third-order valence-electron chi connectivity index (χ3n) is 4.50. The van der Waals surface area contributed by atoms with Crippen LogP contribution in [0.1, 0.15) is 42.6 Å². The number of nitrogens with one attached hydrogen (secondary N) is 1. The first-order chi connectivity index (χ1) is 12.3. The molecule has 1 fully saturated rings. The topological polar surface area (TPSA) is 97.1 Å². The maximum absolute atomic E-state index is 11.5. The van der Waals surface area contributed by atoms with Crippen molar-refractivity contribution in [2.45, 2.75) is 32.1 Å². The van der Waals surface area contributed by atoms with E-state index in [0.29, 0.717) is 18.1 Å². The van der Waals surface area contributed by atoms with Crippen molar-refractivity contribution in [1.82, 2.24) is 20.3 Å². The normalized spacial score (nSPS) is 15.2. The summed E-state index contributed by atoms with van der Waals surface area (Å²) in [6, 6.07) is 7.50. The van der Waals surface area contributed by atoms with Gasteiger partial charge in [-0.25, -0.2) is 0 Å². The predicted octanol–water partition coefficient (Wildman–Crippen LogP) is 2.22. The molecule has 2 aromatic rings. The molecule has 0 radical (unpaired) electrons. The van der Waals surface area contributed by atoms with Crippen LogP contribution in [-0.2, 0) is 0 Å². The quantitative estimate of drug-likeness (QED) is 0.716. The molecule has 2 heterocycles. The molecule has 1 saturated heterocycles. The van der Waals surface area contributed by atoms with Crippen molar-refractivity contribution in [3.63, 3.8) is 0 Å². The summed E-state index contributed by atoms with van der Waals surface area (Å²) in [4.78, 5) is 14.0. The molecule has 1 aliphatic heterocycles. The molecule has 1 aromatic carbocycles. The molecule has 1 aromatic heterocycles. The fourth-order valence-corrected chi connectivity index (χ4v) is 3.18. The number of hydrogen-bond donors (Lipinski definition) is 2. The van der Waals surface area contributed by atoms with Crippen LogP contribution >= 0.6 is 0 Å². The second-order valence-corrected chi connectivity index (χ2v) is 6.34. The van der Waals surface area contributed by atoms with Crippen LogP contribution < -0.4 is 10.5 Å². The van der Waals surface area contributed by atoms with E-state index in [1.54, 1.807) is 0 Å². The number of aromatic nitrogens is 3. The summed E-state index contributed by atoms with van der Waals surface area (Å²) in [6.45, 7) is 4.23. The lowest BCUT2D eigenvalue weighted by Gasteiger charge is -2.26. The average Bonchev–Trinajstić information content (AvgIpc) is 3.12. The number of nitrogens with two attached hydrogens (primary N) is 1. The average molecular weight is 343 g/mol. The van der Waals surface area contributed by atoms with Gasteiger partial charge in [-0.15, -0.1) is 0 Å². The molecule has 0 bridgehead atoms. The minimum atomic E-state index is -0.611. The van der Waals surface area contributed by atoms with Crippen LogP contribution in [0.5, 0.6) is 5.75 Å². The zero-order chi connectivity index (χ0) is 17.5. The molecule has 0 saturated carbocycles. The maximum atomic E-state index is 11.5. The van der Waals surface area contributed by atoms with Crippen LogP contribution in [0.3, 0.4) is 0 Å². The van der Waals surface area contributed by atoms with Gasteiger partial charge in [-0.3, -0.25) is 4.79 Å². The van der Waals surface area contributed by atoms with E-state index >= 15 is 0 Å². The number of ether oxygens (including phenoxy) is 1. The van der Waals surface area contributed by atoms with E-state index in [-0.39, 0.29) is 5.69 Å². The number of H-pyrrole nitrogens is 1. The van der Waals surface area contributed by atoms with Crippen LogP contribution in [0.4, 0.5) is 0 Å². The molecule has 3 rings (SSSR count). The Kier molecular flexibility index (Phi) is 6.00. The van der Waals surface area contributed by atoms with Crippen LogP contribution in [0.2, 0.25) is 0 Å². The van der Waals surface area contributed by atoms with Crippen LogP contribution in [0, 0.1) is 0 Å². The van der Waals surface area contributed by atoms with Crippen molar-refractivity contribution < 1.29 is 9.53 Å². The zero-order valence-electron chi connectivity index (χ0n) is 14.4. The molecule has 0 unspecified atom stereocenters. The van der Waals surface area contributed by atoms with Gasteiger partial charge in [-0.05, 0) is 57.5 Å². The highest BCUT2D eigenvalue weighted by Gasteiger charge is 2.18. The van der Waals surface area contributed by atoms with E-state index in [0.717, 1.165) is 24.9 Å². The second kappa shape index (κ2) is 8.62. The number of aromatic amines is 1. The summed E-state index contributed by atoms with van der Waals surface area (Å²) in [5.74, 6) is 0.0805. The molecule has 134 valence electrons. The first kappa shape index (κ1) is 17.4. The Balaban J connectivity index is 1.54. The van der Waals surface area contributed by atoms with Gasteiger partial charge >= 0.3 is 0 Å². The highest BCUT2D eigenvalue weighted by Crippen LogP contribution is 2.29. The van der Waals surface area contributed by atoms with Gasteiger partial charge in [-0.2, -0.15) is 15.4 Å². The number of hydrogen-bond acceptors (Lipinski definition) is 5. The Morgan fingerprint density at radius 1 is 1.16 bits per heavy atom. The number of para-hydroxylation sites is 1. The fourth-order valence-electron chi connectivity index (χ4n) is 3.18. The Hall–Kier alpha value is -2.41. The van der Waals surface area contributed by atoms with Crippen molar-refractivity contribution >= 4 is 5.91 Å². The first-order valence-electron chi connectivity index (χ1n) is 8.91. The van der Waals surface area contributed by atoms with Crippen molar-refractivity contribution in [2.75, 3.05) is 26.2 Å². The molecule has 7 heteroatoms. The van der Waals surface area contributed by atoms with Gasteiger partial charge in [0.1, 0.15) is 11.4 Å². The third kappa shape index (κ3) is 4.57. The molecule has 3 N–H and O–H groups in total. The van der Waals surface area contributed by atoms with Gasteiger partial charge in [0, 0.05) is 5.56 Å². The number of nitrogens with zero attached hydrogens (tertiary/aromatic N) is 3. The number of piperidine rings is 1. The van der Waals surface area contributed by atoms with Gasteiger partial charge in [-0.1, -0.05) is 18.6 Å². The van der Waals surface area contributed by atoms with E-state index in [9.17, 15) is 4.79 Å². The number of primary amides is 1. The molecular weight excluding hydrogens is 318 g/mol. The number of likely N-dealkylation sites (tertiary alicyclic amines) is 1. The van der Waals surface area contributed by atoms with Crippen LogP contribution in [0.25, 0.3) is 11.3 Å². The summed E-state index contributed by atoms with van der Waals surface area (Å²) in [7, 11) is 0. The van der Waals surface area contributed by atoms with Crippen molar-refractivity contribution in [1.29, 1.82) is 0 Å². The Bertz CT molecular complexity index is 694. The monoisotopic (exact) mass is 343 g/mol. The highest BCUT2D eigenvalue weighted by atomic mass is 16.5. The number of carbonyl (C=O) groups is 1. The Labute approximate surface area is 147 Å². The molecular formula is C18H25N5O2. The van der Waals surface area contributed by atoms with Gasteiger partial charge in [0.25, 0.3) is 5.91 Å². The number of unbranched alkanes of at least 4 members (excludes halogenated alkanes) is 1. The third-order valence-corrected chi connectivity index (χ3v) is 4.50. The summed E-state index contributed by atoms with van der Waals surface area (Å²) < 4.78 is 5.93. The standard InChI is InChI=1S/C18H25N5O2/c19-18(24)17-16(20-22-21-17)14-8-2-3-9-15(14)25-13-7-6-12-23-10-4-1-5-11-23/h2-3,8-9H,1,4-7,10-13H2,(H2,19,24)(H,20,21,22). The molecule has 25 heavy (non-hydrogen) atoms. The van der Waals surface area contributed by atoms with Gasteiger partial charge in [0.15, 0.2) is 5.69 Å². The lowest BCUT2D eigenvalue weighted by Crippen LogP contribution is -2.30. The van der Waals surface area contributed by atoms with E-state index in [4.69, 9.17) is 10.5 Å². The molecule has 1 aliphatic rings. The van der Waals surface area contributed by atoms with E-state index < -0.39 is 5.91 Å². The lowest BCUT2D eigenvalue weighted by atomic mass is 10.1. The molecule has 7 nitrogen and oxygen atoms in total. The van der Waals surface area contributed by atoms with Crippen LogP contribution in [0.15, 0.2) is 24.3 Å². The summed E-state index contributed by atoms with van der Waals surface area (Å²) >= 11 is 0. The Morgan fingerprint density at radius 3 is 2.76 bits per heavy atom.